The monoisotopic (exact) mass is 276 g/mol. The molecule has 0 saturated carbocycles. The summed E-state index contributed by atoms with van der Waals surface area (Å²) >= 11 is 0. The van der Waals surface area contributed by atoms with Crippen molar-refractivity contribution in [3.8, 4) is 5.75 Å². The molecule has 0 spiro atoms. The molecule has 1 atom stereocenters. The van der Waals surface area contributed by atoms with E-state index >= 15 is 0 Å². The van der Waals surface area contributed by atoms with E-state index in [1.165, 1.54) is 6.08 Å². The summed E-state index contributed by atoms with van der Waals surface area (Å²) in [6.07, 6.45) is 1.62. The van der Waals surface area contributed by atoms with Gasteiger partial charge in [0, 0.05) is 6.54 Å². The number of carbonyl (C=O) groups is 2. The van der Waals surface area contributed by atoms with E-state index in [4.69, 9.17) is 9.84 Å². The lowest BCUT2D eigenvalue weighted by molar-refractivity contribution is -0.139. The van der Waals surface area contributed by atoms with E-state index in [1.54, 1.807) is 12.1 Å². The lowest BCUT2D eigenvalue weighted by atomic mass is 10.1. The number of fused-ring (bicyclic) bond motifs is 1. The minimum absolute atomic E-state index is 0.162. The average Bonchev–Trinajstić information content (AvgIpc) is 2.46. The molecule has 0 aromatic heterocycles. The fourth-order valence-electron chi connectivity index (χ4n) is 1.97. The third-order valence-electron chi connectivity index (χ3n) is 2.93. The van der Waals surface area contributed by atoms with Gasteiger partial charge in [-0.2, -0.15) is 0 Å². The fraction of sp³-hybridized carbons (Fsp3) is 0.286. The summed E-state index contributed by atoms with van der Waals surface area (Å²) in [7, 11) is 0. The molecule has 106 valence electrons. The molecule has 1 aromatic carbocycles. The summed E-state index contributed by atoms with van der Waals surface area (Å²) in [6, 6.07) is 4.14. The van der Waals surface area contributed by atoms with Crippen LogP contribution < -0.4 is 15.4 Å². The number of benzene rings is 1. The van der Waals surface area contributed by atoms with Crippen molar-refractivity contribution in [1.82, 2.24) is 5.32 Å². The number of rotatable bonds is 5. The van der Waals surface area contributed by atoms with Crippen molar-refractivity contribution in [1.29, 1.82) is 0 Å². The van der Waals surface area contributed by atoms with Gasteiger partial charge in [0.1, 0.15) is 12.6 Å². The van der Waals surface area contributed by atoms with Crippen molar-refractivity contribution in [2.24, 2.45) is 0 Å². The molecule has 1 unspecified atom stereocenters. The van der Waals surface area contributed by atoms with Crippen LogP contribution in [0.25, 0.3) is 0 Å². The topological polar surface area (TPSA) is 87.7 Å². The summed E-state index contributed by atoms with van der Waals surface area (Å²) in [6.45, 7) is 4.62. The molecule has 0 saturated heterocycles. The molecular formula is C14H16N2O4. The third kappa shape index (κ3) is 2.90. The predicted octanol–water partition coefficient (Wildman–Crippen LogP) is 1.25. The Labute approximate surface area is 116 Å². The highest BCUT2D eigenvalue weighted by Gasteiger charge is 2.23. The molecule has 0 fully saturated rings. The Morgan fingerprint density at radius 1 is 1.55 bits per heavy atom. The smallest absolute Gasteiger partial charge is 0.326 e. The molecule has 6 heteroatoms. The zero-order valence-corrected chi connectivity index (χ0v) is 10.9. The van der Waals surface area contributed by atoms with Gasteiger partial charge >= 0.3 is 5.97 Å². The van der Waals surface area contributed by atoms with E-state index in [-0.39, 0.29) is 6.42 Å². The lowest BCUT2D eigenvalue weighted by Gasteiger charge is -2.22. The van der Waals surface area contributed by atoms with Crippen LogP contribution in [-0.2, 0) is 4.79 Å². The molecule has 1 heterocycles. The van der Waals surface area contributed by atoms with E-state index in [9.17, 15) is 9.59 Å². The van der Waals surface area contributed by atoms with Gasteiger partial charge in [0.2, 0.25) is 0 Å². The van der Waals surface area contributed by atoms with Crippen molar-refractivity contribution in [3.63, 3.8) is 0 Å². The molecule has 1 aliphatic heterocycles. The number of amides is 1. The summed E-state index contributed by atoms with van der Waals surface area (Å²) in [5.41, 5.74) is 1.06. The van der Waals surface area contributed by atoms with Crippen LogP contribution in [0, 0.1) is 0 Å². The van der Waals surface area contributed by atoms with E-state index < -0.39 is 17.9 Å². The van der Waals surface area contributed by atoms with Gasteiger partial charge in [-0.3, -0.25) is 4.79 Å². The molecule has 6 nitrogen and oxygen atoms in total. The van der Waals surface area contributed by atoms with Crippen LogP contribution >= 0.6 is 0 Å². The Morgan fingerprint density at radius 2 is 2.35 bits per heavy atom. The van der Waals surface area contributed by atoms with Gasteiger partial charge in [0.25, 0.3) is 5.91 Å². The summed E-state index contributed by atoms with van der Waals surface area (Å²) < 4.78 is 5.49. The largest absolute Gasteiger partial charge is 0.489 e. The van der Waals surface area contributed by atoms with Crippen molar-refractivity contribution < 1.29 is 19.4 Å². The van der Waals surface area contributed by atoms with Crippen molar-refractivity contribution >= 4 is 17.6 Å². The molecule has 0 radical (unpaired) electrons. The van der Waals surface area contributed by atoms with Crippen LogP contribution in [0.3, 0.4) is 0 Å². The Balaban J connectivity index is 2.21. The number of para-hydroxylation sites is 1. The van der Waals surface area contributed by atoms with Gasteiger partial charge in [-0.25, -0.2) is 4.79 Å². The lowest BCUT2D eigenvalue weighted by Crippen LogP contribution is -2.40. The molecule has 0 bridgehead atoms. The zero-order valence-electron chi connectivity index (χ0n) is 10.9. The van der Waals surface area contributed by atoms with Gasteiger partial charge < -0.3 is 20.5 Å². The number of carboxylic acid groups (broad SMARTS) is 1. The highest BCUT2D eigenvalue weighted by atomic mass is 16.5. The standard InChI is InChI=1S/C14H16N2O4/c1-2-4-11(14(18)19)16-13(17)9-5-3-6-10-12(9)20-8-7-15-10/h2-3,5-6,11,15H,1,4,7-8H2,(H,16,17)(H,18,19). The Bertz CT molecular complexity index is 542. The summed E-state index contributed by atoms with van der Waals surface area (Å²) in [5.74, 6) is -1.11. The van der Waals surface area contributed by atoms with Crippen LogP contribution in [0.1, 0.15) is 16.8 Å². The first-order valence-corrected chi connectivity index (χ1v) is 6.27. The van der Waals surface area contributed by atoms with Gasteiger partial charge in [0.05, 0.1) is 11.3 Å². The van der Waals surface area contributed by atoms with Crippen molar-refractivity contribution in [2.75, 3.05) is 18.5 Å². The number of ether oxygens (including phenoxy) is 1. The van der Waals surface area contributed by atoms with E-state index in [2.05, 4.69) is 17.2 Å². The molecule has 1 aliphatic rings. The normalized spacial score (nSPS) is 14.2. The van der Waals surface area contributed by atoms with Gasteiger partial charge in [-0.15, -0.1) is 6.58 Å². The number of anilines is 1. The third-order valence-corrected chi connectivity index (χ3v) is 2.93. The van der Waals surface area contributed by atoms with Gasteiger partial charge in [-0.1, -0.05) is 12.1 Å². The first-order chi connectivity index (χ1) is 9.63. The highest BCUT2D eigenvalue weighted by molar-refractivity contribution is 6.00. The number of aliphatic carboxylic acids is 1. The summed E-state index contributed by atoms with van der Waals surface area (Å²) in [4.78, 5) is 23.2. The van der Waals surface area contributed by atoms with Crippen LogP contribution in [0.15, 0.2) is 30.9 Å². The van der Waals surface area contributed by atoms with Gasteiger partial charge in [-0.05, 0) is 18.6 Å². The maximum atomic E-state index is 12.2. The number of hydrogen-bond acceptors (Lipinski definition) is 4. The van der Waals surface area contributed by atoms with E-state index in [1.807, 2.05) is 6.07 Å². The maximum Gasteiger partial charge on any atom is 0.326 e. The first-order valence-electron chi connectivity index (χ1n) is 6.27. The van der Waals surface area contributed by atoms with Gasteiger partial charge in [0.15, 0.2) is 5.75 Å². The molecule has 0 aliphatic carbocycles. The van der Waals surface area contributed by atoms with Crippen molar-refractivity contribution in [2.45, 2.75) is 12.5 Å². The van der Waals surface area contributed by atoms with E-state index in [0.29, 0.717) is 24.5 Å². The predicted molar refractivity (Wildman–Crippen MR) is 74.1 cm³/mol. The first kappa shape index (κ1) is 13.9. The Hall–Kier alpha value is -2.50. The summed E-state index contributed by atoms with van der Waals surface area (Å²) in [5, 5.41) is 14.6. The second-order valence-electron chi connectivity index (χ2n) is 4.35. The number of carbonyl (C=O) groups excluding carboxylic acids is 1. The molecule has 20 heavy (non-hydrogen) atoms. The SMILES string of the molecule is C=CCC(NC(=O)c1cccc2c1OCCN2)C(=O)O. The minimum atomic E-state index is -1.10. The molecule has 3 N–H and O–H groups in total. The van der Waals surface area contributed by atoms with E-state index in [0.717, 1.165) is 5.69 Å². The average molecular weight is 276 g/mol. The van der Waals surface area contributed by atoms with Crippen molar-refractivity contribution in [3.05, 3.63) is 36.4 Å². The molecule has 2 rings (SSSR count). The van der Waals surface area contributed by atoms with Crippen LogP contribution in [0.5, 0.6) is 5.75 Å². The van der Waals surface area contributed by atoms with Crippen LogP contribution in [0.2, 0.25) is 0 Å². The maximum absolute atomic E-state index is 12.2. The second-order valence-corrected chi connectivity index (χ2v) is 4.35. The molecular weight excluding hydrogens is 260 g/mol. The number of carboxylic acids is 1. The fourth-order valence-corrected chi connectivity index (χ4v) is 1.97. The quantitative estimate of drug-likeness (QED) is 0.704. The zero-order chi connectivity index (χ0) is 14.5. The Kier molecular flexibility index (Phi) is 4.24. The van der Waals surface area contributed by atoms with Crippen LogP contribution in [0.4, 0.5) is 5.69 Å². The number of nitrogens with one attached hydrogen (secondary N) is 2. The second kappa shape index (κ2) is 6.10. The van der Waals surface area contributed by atoms with Crippen LogP contribution in [-0.4, -0.2) is 36.2 Å². The Morgan fingerprint density at radius 3 is 3.05 bits per heavy atom. The number of hydrogen-bond donors (Lipinski definition) is 3. The molecule has 1 amide bonds. The molecule has 1 aromatic rings. The highest BCUT2D eigenvalue weighted by Crippen LogP contribution is 2.31. The minimum Gasteiger partial charge on any atom is -0.489 e.